The summed E-state index contributed by atoms with van der Waals surface area (Å²) < 4.78 is 14.5. The fourth-order valence-electron chi connectivity index (χ4n) is 1.38. The van der Waals surface area contributed by atoms with Crippen molar-refractivity contribution in [2.75, 3.05) is 0 Å². The lowest BCUT2D eigenvalue weighted by molar-refractivity contribution is -0.108. The van der Waals surface area contributed by atoms with Crippen LogP contribution in [0.1, 0.15) is 30.4 Å². The SMILES string of the molecule is Cc1cc(Br)cc(C(C)CC=O)c1F. The van der Waals surface area contributed by atoms with E-state index < -0.39 is 0 Å². The van der Waals surface area contributed by atoms with Gasteiger partial charge in [0.1, 0.15) is 12.1 Å². The van der Waals surface area contributed by atoms with Crippen LogP contribution < -0.4 is 0 Å². The van der Waals surface area contributed by atoms with Gasteiger partial charge in [-0.2, -0.15) is 0 Å². The van der Waals surface area contributed by atoms with E-state index in [0.29, 0.717) is 17.5 Å². The molecule has 0 bridgehead atoms. The predicted molar refractivity (Wildman–Crippen MR) is 57.9 cm³/mol. The molecule has 14 heavy (non-hydrogen) atoms. The van der Waals surface area contributed by atoms with Gasteiger partial charge in [0.25, 0.3) is 0 Å². The Labute approximate surface area is 91.5 Å². The third-order valence-corrected chi connectivity index (χ3v) is 2.69. The minimum Gasteiger partial charge on any atom is -0.303 e. The summed E-state index contributed by atoms with van der Waals surface area (Å²) in [5.41, 5.74) is 1.20. The number of hydrogen-bond acceptors (Lipinski definition) is 1. The van der Waals surface area contributed by atoms with Gasteiger partial charge in [0.05, 0.1) is 0 Å². The predicted octanol–water partition coefficient (Wildman–Crippen LogP) is 3.59. The molecule has 1 aromatic rings. The van der Waals surface area contributed by atoms with Crippen molar-refractivity contribution in [3.05, 3.63) is 33.5 Å². The zero-order chi connectivity index (χ0) is 10.7. The highest BCUT2D eigenvalue weighted by atomic mass is 79.9. The third-order valence-electron chi connectivity index (χ3n) is 2.23. The number of aldehydes is 1. The van der Waals surface area contributed by atoms with Gasteiger partial charge in [-0.25, -0.2) is 4.39 Å². The van der Waals surface area contributed by atoms with Crippen molar-refractivity contribution in [1.82, 2.24) is 0 Å². The van der Waals surface area contributed by atoms with Crippen LogP contribution >= 0.6 is 15.9 Å². The Hall–Kier alpha value is -0.700. The summed E-state index contributed by atoms with van der Waals surface area (Å²) in [5, 5.41) is 0. The monoisotopic (exact) mass is 258 g/mol. The van der Waals surface area contributed by atoms with E-state index in [1.165, 1.54) is 0 Å². The van der Waals surface area contributed by atoms with Crippen molar-refractivity contribution >= 4 is 22.2 Å². The molecule has 0 aromatic heterocycles. The molecular formula is C11H12BrFO. The molecule has 1 nitrogen and oxygen atoms in total. The van der Waals surface area contributed by atoms with Gasteiger partial charge in [0.2, 0.25) is 0 Å². The van der Waals surface area contributed by atoms with Crippen molar-refractivity contribution in [3.8, 4) is 0 Å². The van der Waals surface area contributed by atoms with Crippen LogP contribution in [-0.2, 0) is 4.79 Å². The summed E-state index contributed by atoms with van der Waals surface area (Å²) in [6.07, 6.45) is 1.17. The van der Waals surface area contributed by atoms with Crippen molar-refractivity contribution in [1.29, 1.82) is 0 Å². The van der Waals surface area contributed by atoms with Crippen molar-refractivity contribution < 1.29 is 9.18 Å². The fourth-order valence-corrected chi connectivity index (χ4v) is 1.97. The molecule has 1 unspecified atom stereocenters. The van der Waals surface area contributed by atoms with Crippen LogP contribution in [0.2, 0.25) is 0 Å². The number of carbonyl (C=O) groups excluding carboxylic acids is 1. The lowest BCUT2D eigenvalue weighted by Crippen LogP contribution is -2.00. The molecular weight excluding hydrogens is 247 g/mol. The van der Waals surface area contributed by atoms with E-state index in [2.05, 4.69) is 15.9 Å². The van der Waals surface area contributed by atoms with Crippen LogP contribution in [0.25, 0.3) is 0 Å². The number of halogens is 2. The standard InChI is InChI=1S/C11H12BrFO/c1-7(3-4-14)10-6-9(12)5-8(2)11(10)13/h4-7H,3H2,1-2H3. The third kappa shape index (κ3) is 2.41. The maximum atomic E-state index is 13.6. The van der Waals surface area contributed by atoms with Gasteiger partial charge < -0.3 is 4.79 Å². The molecule has 0 aliphatic rings. The topological polar surface area (TPSA) is 17.1 Å². The number of carbonyl (C=O) groups is 1. The quantitative estimate of drug-likeness (QED) is 0.758. The van der Waals surface area contributed by atoms with Crippen molar-refractivity contribution in [2.45, 2.75) is 26.2 Å². The molecule has 0 spiro atoms. The van der Waals surface area contributed by atoms with Crippen molar-refractivity contribution in [3.63, 3.8) is 0 Å². The van der Waals surface area contributed by atoms with Gasteiger partial charge in [-0.15, -0.1) is 0 Å². The van der Waals surface area contributed by atoms with Gasteiger partial charge in [-0.1, -0.05) is 22.9 Å². The Morgan fingerprint density at radius 1 is 1.57 bits per heavy atom. The number of benzene rings is 1. The highest BCUT2D eigenvalue weighted by molar-refractivity contribution is 9.10. The molecule has 0 saturated carbocycles. The number of aryl methyl sites for hydroxylation is 1. The van der Waals surface area contributed by atoms with Crippen LogP contribution in [0.4, 0.5) is 4.39 Å². The Morgan fingerprint density at radius 2 is 2.21 bits per heavy atom. The molecule has 0 saturated heterocycles. The van der Waals surface area contributed by atoms with Crippen LogP contribution in [-0.4, -0.2) is 6.29 Å². The second-order valence-electron chi connectivity index (χ2n) is 3.43. The molecule has 0 radical (unpaired) electrons. The summed E-state index contributed by atoms with van der Waals surface area (Å²) in [6.45, 7) is 3.57. The summed E-state index contributed by atoms with van der Waals surface area (Å²) in [4.78, 5) is 10.3. The first-order valence-corrected chi connectivity index (χ1v) is 5.24. The molecule has 0 fully saturated rings. The van der Waals surface area contributed by atoms with E-state index in [4.69, 9.17) is 0 Å². The summed E-state index contributed by atoms with van der Waals surface area (Å²) in [5.74, 6) is -0.272. The van der Waals surface area contributed by atoms with E-state index >= 15 is 0 Å². The molecule has 0 aliphatic heterocycles. The van der Waals surface area contributed by atoms with Gasteiger partial charge in [-0.05, 0) is 36.1 Å². The molecule has 0 N–H and O–H groups in total. The highest BCUT2D eigenvalue weighted by Crippen LogP contribution is 2.27. The number of hydrogen-bond donors (Lipinski definition) is 0. The van der Waals surface area contributed by atoms with Crippen LogP contribution in [0.15, 0.2) is 16.6 Å². The average Bonchev–Trinajstić information content (AvgIpc) is 2.11. The molecule has 76 valence electrons. The fraction of sp³-hybridized carbons (Fsp3) is 0.364. The zero-order valence-electron chi connectivity index (χ0n) is 8.18. The van der Waals surface area contributed by atoms with E-state index in [1.807, 2.05) is 6.92 Å². The Morgan fingerprint density at radius 3 is 2.79 bits per heavy atom. The second kappa shape index (κ2) is 4.69. The first kappa shape index (κ1) is 11.4. The van der Waals surface area contributed by atoms with Gasteiger partial charge >= 0.3 is 0 Å². The molecule has 3 heteroatoms. The van der Waals surface area contributed by atoms with Crippen LogP contribution in [0.3, 0.4) is 0 Å². The lowest BCUT2D eigenvalue weighted by atomic mass is 9.96. The number of rotatable bonds is 3. The van der Waals surface area contributed by atoms with E-state index in [9.17, 15) is 9.18 Å². The van der Waals surface area contributed by atoms with Crippen LogP contribution in [0.5, 0.6) is 0 Å². The van der Waals surface area contributed by atoms with Gasteiger partial charge in [0, 0.05) is 10.9 Å². The van der Waals surface area contributed by atoms with Gasteiger partial charge in [-0.3, -0.25) is 0 Å². The Bertz CT molecular complexity index is 349. The smallest absolute Gasteiger partial charge is 0.129 e. The second-order valence-corrected chi connectivity index (χ2v) is 4.34. The summed E-state index contributed by atoms with van der Waals surface area (Å²) in [7, 11) is 0. The molecule has 1 rings (SSSR count). The minimum absolute atomic E-state index is 0.0660. The van der Waals surface area contributed by atoms with E-state index in [-0.39, 0.29) is 11.7 Å². The van der Waals surface area contributed by atoms with Crippen molar-refractivity contribution in [2.24, 2.45) is 0 Å². The first-order chi connectivity index (χ1) is 6.56. The Balaban J connectivity index is 3.12. The molecule has 0 heterocycles. The lowest BCUT2D eigenvalue weighted by Gasteiger charge is -2.11. The molecule has 1 aromatic carbocycles. The first-order valence-electron chi connectivity index (χ1n) is 4.45. The zero-order valence-corrected chi connectivity index (χ0v) is 9.77. The minimum atomic E-state index is -0.206. The maximum Gasteiger partial charge on any atom is 0.129 e. The largest absolute Gasteiger partial charge is 0.303 e. The van der Waals surface area contributed by atoms with Crippen LogP contribution in [0, 0.1) is 12.7 Å². The van der Waals surface area contributed by atoms with E-state index in [1.54, 1.807) is 19.1 Å². The summed E-state index contributed by atoms with van der Waals surface area (Å²) >= 11 is 3.31. The molecule has 0 amide bonds. The average molecular weight is 259 g/mol. The summed E-state index contributed by atoms with van der Waals surface area (Å²) in [6, 6.07) is 3.46. The normalized spacial score (nSPS) is 12.6. The highest BCUT2D eigenvalue weighted by Gasteiger charge is 2.13. The molecule has 1 atom stereocenters. The molecule has 0 aliphatic carbocycles. The van der Waals surface area contributed by atoms with Gasteiger partial charge in [0.15, 0.2) is 0 Å². The Kier molecular flexibility index (Phi) is 3.81. The maximum absolute atomic E-state index is 13.6. The van der Waals surface area contributed by atoms with E-state index in [0.717, 1.165) is 10.8 Å².